The number of aryl methyl sites for hydroxylation is 1. The van der Waals surface area contributed by atoms with Gasteiger partial charge in [-0.1, -0.05) is 6.42 Å². The predicted octanol–water partition coefficient (Wildman–Crippen LogP) is 3.79. The van der Waals surface area contributed by atoms with Gasteiger partial charge in [0.05, 0.1) is 11.8 Å². The Labute approximate surface area is 166 Å². The van der Waals surface area contributed by atoms with Crippen LogP contribution < -0.4 is 5.32 Å². The van der Waals surface area contributed by atoms with E-state index in [9.17, 15) is 9.59 Å². The number of carbonyl (C=O) groups excluding carboxylic acids is 2. The highest BCUT2D eigenvalue weighted by atomic mass is 16.3. The molecule has 0 bridgehead atoms. The molecule has 1 saturated heterocycles. The lowest BCUT2D eigenvalue weighted by atomic mass is 10.0. The molecular weight excluding hydrogens is 354 g/mol. The van der Waals surface area contributed by atoms with Crippen LogP contribution in [0.1, 0.15) is 52.7 Å². The highest BCUT2D eigenvalue weighted by Gasteiger charge is 2.19. The molecule has 0 radical (unpaired) electrons. The van der Waals surface area contributed by atoms with Crippen LogP contribution in [0.3, 0.4) is 0 Å². The summed E-state index contributed by atoms with van der Waals surface area (Å²) in [5.74, 6) is 0.347. The normalized spacial score (nSPS) is 17.3. The van der Waals surface area contributed by atoms with E-state index >= 15 is 0 Å². The van der Waals surface area contributed by atoms with Crippen LogP contribution in [0.5, 0.6) is 0 Å². The third-order valence-corrected chi connectivity index (χ3v) is 5.50. The number of piperidine rings is 1. The van der Waals surface area contributed by atoms with E-state index in [0.29, 0.717) is 35.2 Å². The number of rotatable bonds is 6. The molecule has 28 heavy (non-hydrogen) atoms. The van der Waals surface area contributed by atoms with Crippen molar-refractivity contribution < 1.29 is 14.0 Å². The summed E-state index contributed by atoms with van der Waals surface area (Å²) in [4.78, 5) is 29.1. The van der Waals surface area contributed by atoms with Gasteiger partial charge >= 0.3 is 0 Å². The summed E-state index contributed by atoms with van der Waals surface area (Å²) in [6, 6.07) is 9.24. The number of anilines is 1. The van der Waals surface area contributed by atoms with Crippen LogP contribution in [0, 0.1) is 6.92 Å². The molecule has 2 amide bonds. The topological polar surface area (TPSA) is 65.8 Å². The van der Waals surface area contributed by atoms with Gasteiger partial charge < -0.3 is 14.6 Å². The molecule has 6 heteroatoms. The Morgan fingerprint density at radius 3 is 2.61 bits per heavy atom. The number of likely N-dealkylation sites (N-methyl/N-ethyl adjacent to an activating group) is 1. The van der Waals surface area contributed by atoms with Gasteiger partial charge in [0.25, 0.3) is 11.8 Å². The van der Waals surface area contributed by atoms with Crippen molar-refractivity contribution in [1.29, 1.82) is 0 Å². The number of nitrogens with zero attached hydrogens (tertiary/aromatic N) is 2. The summed E-state index contributed by atoms with van der Waals surface area (Å²) in [5, 5.41) is 2.82. The van der Waals surface area contributed by atoms with Crippen LogP contribution in [0.15, 0.2) is 41.0 Å². The summed E-state index contributed by atoms with van der Waals surface area (Å²) in [6.45, 7) is 6.74. The van der Waals surface area contributed by atoms with Gasteiger partial charge in [-0.2, -0.15) is 0 Å². The molecular formula is C22H29N3O3. The molecule has 150 valence electrons. The third-order valence-electron chi connectivity index (χ3n) is 5.50. The van der Waals surface area contributed by atoms with Gasteiger partial charge in [0.15, 0.2) is 0 Å². The van der Waals surface area contributed by atoms with Crippen molar-refractivity contribution in [1.82, 2.24) is 9.80 Å². The average molecular weight is 383 g/mol. The monoisotopic (exact) mass is 383 g/mol. The van der Waals surface area contributed by atoms with Crippen molar-refractivity contribution in [2.45, 2.75) is 39.2 Å². The Hall–Kier alpha value is -2.60. The largest absolute Gasteiger partial charge is 0.469 e. The Morgan fingerprint density at radius 1 is 1.21 bits per heavy atom. The van der Waals surface area contributed by atoms with E-state index in [2.05, 4.69) is 17.1 Å². The van der Waals surface area contributed by atoms with Gasteiger partial charge in [-0.05, 0) is 63.6 Å². The molecule has 2 aromatic rings. The molecule has 3 rings (SSSR count). The minimum absolute atomic E-state index is 0.00628. The zero-order valence-corrected chi connectivity index (χ0v) is 16.9. The van der Waals surface area contributed by atoms with E-state index in [1.54, 1.807) is 42.2 Å². The quantitative estimate of drug-likeness (QED) is 0.824. The molecule has 1 N–H and O–H groups in total. The highest BCUT2D eigenvalue weighted by Crippen LogP contribution is 2.17. The fourth-order valence-electron chi connectivity index (χ4n) is 3.61. The van der Waals surface area contributed by atoms with E-state index in [1.165, 1.54) is 25.5 Å². The second kappa shape index (κ2) is 9.06. The molecule has 0 aliphatic carbocycles. The van der Waals surface area contributed by atoms with E-state index in [4.69, 9.17) is 4.42 Å². The molecule has 1 aliphatic heterocycles. The van der Waals surface area contributed by atoms with Gasteiger partial charge in [-0.15, -0.1) is 0 Å². The summed E-state index contributed by atoms with van der Waals surface area (Å²) >= 11 is 0. The fraction of sp³-hybridized carbons (Fsp3) is 0.455. The molecule has 1 fully saturated rings. The van der Waals surface area contributed by atoms with Gasteiger partial charge in [0, 0.05) is 37.4 Å². The summed E-state index contributed by atoms with van der Waals surface area (Å²) < 4.78 is 5.16. The van der Waals surface area contributed by atoms with Gasteiger partial charge in [-0.3, -0.25) is 14.5 Å². The maximum absolute atomic E-state index is 12.7. The van der Waals surface area contributed by atoms with Crippen LogP contribution in [0.2, 0.25) is 0 Å². The number of amides is 2. The number of hydrogen-bond acceptors (Lipinski definition) is 4. The smallest absolute Gasteiger partial charge is 0.259 e. The predicted molar refractivity (Wildman–Crippen MR) is 110 cm³/mol. The van der Waals surface area contributed by atoms with Gasteiger partial charge in [0.1, 0.15) is 5.76 Å². The Morgan fingerprint density at radius 2 is 1.96 bits per heavy atom. The molecule has 1 aromatic carbocycles. The number of furan rings is 1. The molecule has 2 heterocycles. The first kappa shape index (κ1) is 20.1. The number of nitrogens with one attached hydrogen (secondary N) is 1. The zero-order chi connectivity index (χ0) is 20.1. The summed E-state index contributed by atoms with van der Waals surface area (Å²) in [7, 11) is 1.84. The van der Waals surface area contributed by atoms with E-state index < -0.39 is 0 Å². The first-order valence-corrected chi connectivity index (χ1v) is 9.90. The van der Waals surface area contributed by atoms with Crippen molar-refractivity contribution in [2.24, 2.45) is 0 Å². The molecule has 0 spiro atoms. The second-order valence-electron chi connectivity index (χ2n) is 7.53. The van der Waals surface area contributed by atoms with Crippen LogP contribution in [-0.2, 0) is 0 Å². The molecule has 6 nitrogen and oxygen atoms in total. The Balaban J connectivity index is 1.54. The molecule has 1 atom stereocenters. The highest BCUT2D eigenvalue weighted by molar-refractivity contribution is 6.05. The number of benzene rings is 1. The first-order chi connectivity index (χ1) is 13.5. The zero-order valence-electron chi connectivity index (χ0n) is 16.9. The molecule has 1 unspecified atom stereocenters. The van der Waals surface area contributed by atoms with Crippen LogP contribution >= 0.6 is 0 Å². The summed E-state index contributed by atoms with van der Waals surface area (Å²) in [5.41, 5.74) is 1.77. The number of hydrogen-bond donors (Lipinski definition) is 1. The van der Waals surface area contributed by atoms with Crippen molar-refractivity contribution >= 4 is 17.5 Å². The van der Waals surface area contributed by atoms with E-state index in [-0.39, 0.29) is 11.8 Å². The maximum Gasteiger partial charge on any atom is 0.259 e. The lowest BCUT2D eigenvalue weighted by molar-refractivity contribution is 0.0752. The van der Waals surface area contributed by atoms with Crippen molar-refractivity contribution in [2.75, 3.05) is 32.0 Å². The average Bonchev–Trinajstić information content (AvgIpc) is 3.13. The van der Waals surface area contributed by atoms with Crippen molar-refractivity contribution in [3.63, 3.8) is 0 Å². The minimum Gasteiger partial charge on any atom is -0.469 e. The lowest BCUT2D eigenvalue weighted by Gasteiger charge is -2.34. The molecule has 1 aromatic heterocycles. The van der Waals surface area contributed by atoms with Gasteiger partial charge in [-0.25, -0.2) is 0 Å². The van der Waals surface area contributed by atoms with E-state index in [1.807, 2.05) is 7.05 Å². The Bertz CT molecular complexity index is 813. The van der Waals surface area contributed by atoms with Gasteiger partial charge in [0.2, 0.25) is 0 Å². The van der Waals surface area contributed by atoms with Crippen LogP contribution in [0.4, 0.5) is 5.69 Å². The van der Waals surface area contributed by atoms with Crippen molar-refractivity contribution in [3.05, 3.63) is 53.5 Å². The lowest BCUT2D eigenvalue weighted by Crippen LogP contribution is -2.43. The molecule has 1 aliphatic rings. The third kappa shape index (κ3) is 4.81. The van der Waals surface area contributed by atoms with Crippen LogP contribution in [0.25, 0.3) is 0 Å². The van der Waals surface area contributed by atoms with E-state index in [0.717, 1.165) is 13.1 Å². The summed E-state index contributed by atoms with van der Waals surface area (Å²) in [6.07, 6.45) is 5.28. The fourth-order valence-corrected chi connectivity index (χ4v) is 3.61. The van der Waals surface area contributed by atoms with Crippen LogP contribution in [-0.4, -0.2) is 54.3 Å². The standard InChI is InChI=1S/C22H29N3O3/c1-16-6-4-5-12-25(16)14-13-24(3)22(27)18-7-9-19(10-8-18)23-21(26)20-11-15-28-17(20)2/h7-11,15-16H,4-6,12-14H2,1-3H3,(H,23,26). The number of carbonyl (C=O) groups is 2. The number of likely N-dealkylation sites (tertiary alicyclic amines) is 1. The second-order valence-corrected chi connectivity index (χ2v) is 7.53. The SMILES string of the molecule is Cc1occc1C(=O)Nc1ccc(C(=O)N(C)CCN2CCCCC2C)cc1. The molecule has 0 saturated carbocycles. The van der Waals surface area contributed by atoms with Crippen molar-refractivity contribution in [3.8, 4) is 0 Å². The Kier molecular flexibility index (Phi) is 6.52. The maximum atomic E-state index is 12.7. The first-order valence-electron chi connectivity index (χ1n) is 9.90. The minimum atomic E-state index is -0.224.